The predicted octanol–water partition coefficient (Wildman–Crippen LogP) is 3.88. The molecule has 1 aliphatic rings. The lowest BCUT2D eigenvalue weighted by molar-refractivity contribution is -0.152. The molecule has 2 aromatic carbocycles. The number of carbonyl (C=O) groups excluding carboxylic acids is 3. The van der Waals surface area contributed by atoms with Gasteiger partial charge in [0.25, 0.3) is 5.91 Å². The zero-order valence-electron chi connectivity index (χ0n) is 16.3. The number of nitrogens with one attached hydrogen (secondary N) is 1. The number of ketones is 1. The van der Waals surface area contributed by atoms with E-state index in [9.17, 15) is 14.4 Å². The van der Waals surface area contributed by atoms with Gasteiger partial charge < -0.3 is 10.1 Å². The summed E-state index contributed by atoms with van der Waals surface area (Å²) >= 11 is 0. The summed E-state index contributed by atoms with van der Waals surface area (Å²) in [4.78, 5) is 36.0. The molecular formula is C23H25NO4. The van der Waals surface area contributed by atoms with Gasteiger partial charge in [-0.25, -0.2) is 0 Å². The lowest BCUT2D eigenvalue weighted by Gasteiger charge is -2.17. The molecule has 1 N–H and O–H groups in total. The van der Waals surface area contributed by atoms with Crippen LogP contribution in [0.1, 0.15) is 53.7 Å². The number of aryl methyl sites for hydroxylation is 2. The SMILES string of the molecule is CC(=O)c1cccc(NC(=O)[C@@H](C)OC(=O)Cc2ccc3c(c2)CCCC3)c1. The Morgan fingerprint density at radius 3 is 2.54 bits per heavy atom. The summed E-state index contributed by atoms with van der Waals surface area (Å²) < 4.78 is 5.29. The summed E-state index contributed by atoms with van der Waals surface area (Å²) in [6.07, 6.45) is 3.77. The van der Waals surface area contributed by atoms with Crippen LogP contribution in [0.15, 0.2) is 42.5 Å². The number of amides is 1. The molecule has 0 spiro atoms. The molecule has 0 bridgehead atoms. The summed E-state index contributed by atoms with van der Waals surface area (Å²) in [6, 6.07) is 12.8. The number of esters is 1. The van der Waals surface area contributed by atoms with Crippen molar-refractivity contribution in [2.24, 2.45) is 0 Å². The van der Waals surface area contributed by atoms with Crippen molar-refractivity contribution in [3.63, 3.8) is 0 Å². The molecule has 0 aliphatic heterocycles. The molecule has 1 amide bonds. The van der Waals surface area contributed by atoms with Gasteiger partial charge >= 0.3 is 5.97 Å². The van der Waals surface area contributed by atoms with E-state index in [1.807, 2.05) is 6.07 Å². The maximum atomic E-state index is 12.3. The molecule has 0 heterocycles. The Balaban J connectivity index is 1.55. The van der Waals surface area contributed by atoms with Crippen LogP contribution in [0.5, 0.6) is 0 Å². The van der Waals surface area contributed by atoms with Crippen molar-refractivity contribution in [1.82, 2.24) is 0 Å². The Morgan fingerprint density at radius 2 is 1.79 bits per heavy atom. The van der Waals surface area contributed by atoms with Crippen molar-refractivity contribution in [2.75, 3.05) is 5.32 Å². The quantitative estimate of drug-likeness (QED) is 0.611. The molecule has 5 nitrogen and oxygen atoms in total. The molecule has 0 saturated heterocycles. The average Bonchev–Trinajstić information content (AvgIpc) is 2.68. The summed E-state index contributed by atoms with van der Waals surface area (Å²) in [6.45, 7) is 3.00. The van der Waals surface area contributed by atoms with Gasteiger partial charge in [0.15, 0.2) is 11.9 Å². The van der Waals surface area contributed by atoms with E-state index in [1.165, 1.54) is 37.8 Å². The van der Waals surface area contributed by atoms with Crippen LogP contribution in [-0.2, 0) is 33.6 Å². The molecule has 0 unspecified atom stereocenters. The topological polar surface area (TPSA) is 72.5 Å². The van der Waals surface area contributed by atoms with Gasteiger partial charge in [-0.15, -0.1) is 0 Å². The average molecular weight is 379 g/mol. The molecule has 5 heteroatoms. The van der Waals surface area contributed by atoms with Gasteiger partial charge in [0, 0.05) is 11.3 Å². The minimum Gasteiger partial charge on any atom is -0.452 e. The summed E-state index contributed by atoms with van der Waals surface area (Å²) in [7, 11) is 0. The summed E-state index contributed by atoms with van der Waals surface area (Å²) in [5.41, 5.74) is 4.59. The highest BCUT2D eigenvalue weighted by Gasteiger charge is 2.19. The van der Waals surface area contributed by atoms with E-state index in [0.717, 1.165) is 18.4 Å². The molecule has 0 aromatic heterocycles. The maximum Gasteiger partial charge on any atom is 0.311 e. The summed E-state index contributed by atoms with van der Waals surface area (Å²) in [5, 5.41) is 2.68. The molecule has 1 atom stereocenters. The van der Waals surface area contributed by atoms with Gasteiger partial charge in [-0.1, -0.05) is 30.3 Å². The molecule has 0 radical (unpaired) electrons. The fraction of sp³-hybridized carbons (Fsp3) is 0.348. The monoisotopic (exact) mass is 379 g/mol. The van der Waals surface area contributed by atoms with E-state index in [-0.39, 0.29) is 12.2 Å². The molecule has 3 rings (SSSR count). The Kier molecular flexibility index (Phi) is 6.24. The van der Waals surface area contributed by atoms with Crippen LogP contribution in [0.3, 0.4) is 0 Å². The van der Waals surface area contributed by atoms with E-state index in [0.29, 0.717) is 11.3 Å². The van der Waals surface area contributed by atoms with Crippen LogP contribution in [0.4, 0.5) is 5.69 Å². The van der Waals surface area contributed by atoms with E-state index in [2.05, 4.69) is 17.4 Å². The normalized spacial score (nSPS) is 13.9. The first-order valence-electron chi connectivity index (χ1n) is 9.64. The van der Waals surface area contributed by atoms with Crippen LogP contribution in [0, 0.1) is 0 Å². The first-order chi connectivity index (χ1) is 13.4. The van der Waals surface area contributed by atoms with E-state index >= 15 is 0 Å². The minimum absolute atomic E-state index is 0.0828. The molecule has 146 valence electrons. The third-order valence-electron chi connectivity index (χ3n) is 4.98. The van der Waals surface area contributed by atoms with Gasteiger partial charge in [0.05, 0.1) is 6.42 Å². The van der Waals surface area contributed by atoms with Crippen molar-refractivity contribution >= 4 is 23.3 Å². The Bertz CT molecular complexity index is 903. The second-order valence-electron chi connectivity index (χ2n) is 7.25. The van der Waals surface area contributed by atoms with E-state index in [4.69, 9.17) is 4.74 Å². The number of Topliss-reactive ketones (excluding diaryl/α,β-unsaturated/α-hetero) is 1. The first-order valence-corrected chi connectivity index (χ1v) is 9.64. The van der Waals surface area contributed by atoms with Gasteiger partial charge in [0.1, 0.15) is 0 Å². The number of rotatable bonds is 6. The van der Waals surface area contributed by atoms with Gasteiger partial charge in [0.2, 0.25) is 0 Å². The van der Waals surface area contributed by atoms with Crippen LogP contribution in [0.25, 0.3) is 0 Å². The molecule has 2 aromatic rings. The van der Waals surface area contributed by atoms with Crippen LogP contribution >= 0.6 is 0 Å². The number of ether oxygens (including phenoxy) is 1. The van der Waals surface area contributed by atoms with Crippen molar-refractivity contribution in [2.45, 2.75) is 52.1 Å². The summed E-state index contributed by atoms with van der Waals surface area (Å²) in [5.74, 6) is -0.948. The fourth-order valence-electron chi connectivity index (χ4n) is 3.42. The standard InChI is InChI=1S/C23H25NO4/c1-15(25)19-8-5-9-21(14-19)24-23(27)16(2)28-22(26)13-17-10-11-18-6-3-4-7-20(18)12-17/h5,8-12,14,16H,3-4,6-7,13H2,1-2H3,(H,24,27)/t16-/m1/s1. The van der Waals surface area contributed by atoms with Crippen LogP contribution in [0.2, 0.25) is 0 Å². The number of anilines is 1. The molecule has 1 aliphatic carbocycles. The fourth-order valence-corrected chi connectivity index (χ4v) is 3.42. The largest absolute Gasteiger partial charge is 0.452 e. The molecular weight excluding hydrogens is 354 g/mol. The highest BCUT2D eigenvalue weighted by Crippen LogP contribution is 2.22. The smallest absolute Gasteiger partial charge is 0.311 e. The van der Waals surface area contributed by atoms with Crippen molar-refractivity contribution in [3.05, 3.63) is 64.7 Å². The predicted molar refractivity (Wildman–Crippen MR) is 107 cm³/mol. The highest BCUT2D eigenvalue weighted by molar-refractivity contribution is 5.98. The highest BCUT2D eigenvalue weighted by atomic mass is 16.5. The van der Waals surface area contributed by atoms with Crippen LogP contribution < -0.4 is 5.32 Å². The van der Waals surface area contributed by atoms with E-state index < -0.39 is 18.0 Å². The Morgan fingerprint density at radius 1 is 1.04 bits per heavy atom. The van der Waals surface area contributed by atoms with Gasteiger partial charge in [-0.3, -0.25) is 14.4 Å². The van der Waals surface area contributed by atoms with Crippen molar-refractivity contribution < 1.29 is 19.1 Å². The lowest BCUT2D eigenvalue weighted by Crippen LogP contribution is -2.30. The zero-order chi connectivity index (χ0) is 20.1. The third kappa shape index (κ3) is 5.06. The number of hydrogen-bond donors (Lipinski definition) is 1. The van der Waals surface area contributed by atoms with Crippen molar-refractivity contribution in [1.29, 1.82) is 0 Å². The second kappa shape index (κ2) is 8.83. The lowest BCUT2D eigenvalue weighted by atomic mass is 9.90. The van der Waals surface area contributed by atoms with Crippen molar-refractivity contribution in [3.8, 4) is 0 Å². The number of carbonyl (C=O) groups is 3. The molecule has 0 fully saturated rings. The molecule has 28 heavy (non-hydrogen) atoms. The first kappa shape index (κ1) is 19.8. The zero-order valence-corrected chi connectivity index (χ0v) is 16.3. The number of benzene rings is 2. The Labute approximate surface area is 165 Å². The molecule has 0 saturated carbocycles. The van der Waals surface area contributed by atoms with Gasteiger partial charge in [-0.05, 0) is 68.4 Å². The number of fused-ring (bicyclic) bond motifs is 1. The van der Waals surface area contributed by atoms with E-state index in [1.54, 1.807) is 24.3 Å². The van der Waals surface area contributed by atoms with Crippen LogP contribution in [-0.4, -0.2) is 23.8 Å². The minimum atomic E-state index is -0.925. The Hall–Kier alpha value is -2.95. The van der Waals surface area contributed by atoms with Gasteiger partial charge in [-0.2, -0.15) is 0 Å². The number of hydrogen-bond acceptors (Lipinski definition) is 4. The maximum absolute atomic E-state index is 12.3. The second-order valence-corrected chi connectivity index (χ2v) is 7.25. The third-order valence-corrected chi connectivity index (χ3v) is 4.98.